The summed E-state index contributed by atoms with van der Waals surface area (Å²) in [5.41, 5.74) is 0.557. The van der Waals surface area contributed by atoms with E-state index < -0.39 is 36.4 Å². The molecular formula is C19H25NO7. The monoisotopic (exact) mass is 379 g/mol. The van der Waals surface area contributed by atoms with E-state index in [0.717, 1.165) is 0 Å². The molecule has 1 aromatic carbocycles. The third kappa shape index (κ3) is 4.47. The highest BCUT2D eigenvalue weighted by Crippen LogP contribution is 2.33. The van der Waals surface area contributed by atoms with E-state index in [1.54, 1.807) is 38.1 Å². The number of hydrogen-bond donors (Lipinski definition) is 2. The number of carbonyl (C=O) groups is 2. The van der Waals surface area contributed by atoms with Crippen molar-refractivity contribution >= 4 is 11.7 Å². The van der Waals surface area contributed by atoms with Crippen LogP contribution in [0.1, 0.15) is 38.1 Å². The van der Waals surface area contributed by atoms with Gasteiger partial charge in [0.25, 0.3) is 0 Å². The van der Waals surface area contributed by atoms with Crippen LogP contribution in [0.25, 0.3) is 0 Å². The Morgan fingerprint density at radius 1 is 1.22 bits per heavy atom. The Morgan fingerprint density at radius 2 is 1.89 bits per heavy atom. The number of benzene rings is 1. The summed E-state index contributed by atoms with van der Waals surface area (Å²) in [7, 11) is 0. The third-order valence-corrected chi connectivity index (χ3v) is 4.57. The van der Waals surface area contributed by atoms with E-state index in [4.69, 9.17) is 18.9 Å². The van der Waals surface area contributed by atoms with Crippen LogP contribution in [0.2, 0.25) is 0 Å². The van der Waals surface area contributed by atoms with Gasteiger partial charge in [0.05, 0.1) is 6.61 Å². The lowest BCUT2D eigenvalue weighted by molar-refractivity contribution is -0.361. The number of ether oxygens (including phenoxy) is 4. The van der Waals surface area contributed by atoms with Crippen molar-refractivity contribution in [1.82, 2.24) is 5.32 Å². The highest BCUT2D eigenvalue weighted by molar-refractivity contribution is 5.94. The van der Waals surface area contributed by atoms with Crippen molar-refractivity contribution in [3.05, 3.63) is 29.8 Å². The van der Waals surface area contributed by atoms with E-state index in [1.165, 1.54) is 13.8 Å². The first-order valence-electron chi connectivity index (χ1n) is 8.86. The summed E-state index contributed by atoms with van der Waals surface area (Å²) in [6.07, 6.45) is -3.19. The van der Waals surface area contributed by atoms with Gasteiger partial charge in [0.2, 0.25) is 12.2 Å². The smallest absolute Gasteiger partial charge is 0.223 e. The zero-order valence-electron chi connectivity index (χ0n) is 15.8. The second-order valence-electron chi connectivity index (χ2n) is 7.25. The number of aliphatic hydroxyl groups is 1. The second-order valence-corrected chi connectivity index (χ2v) is 7.25. The molecule has 8 nitrogen and oxygen atoms in total. The molecule has 2 aliphatic heterocycles. The summed E-state index contributed by atoms with van der Waals surface area (Å²) < 4.78 is 23.2. The lowest BCUT2D eigenvalue weighted by Gasteiger charge is -2.49. The summed E-state index contributed by atoms with van der Waals surface area (Å²) >= 11 is 0. The van der Waals surface area contributed by atoms with Gasteiger partial charge in [-0.15, -0.1) is 0 Å². The minimum atomic E-state index is -1.04. The fraction of sp³-hybridized carbons (Fsp3) is 0.579. The number of aliphatic hydroxyl groups excluding tert-OH is 1. The van der Waals surface area contributed by atoms with Crippen molar-refractivity contribution in [2.24, 2.45) is 0 Å². The van der Waals surface area contributed by atoms with E-state index in [9.17, 15) is 14.7 Å². The van der Waals surface area contributed by atoms with Gasteiger partial charge in [-0.25, -0.2) is 0 Å². The normalized spacial score (nSPS) is 32.3. The second kappa shape index (κ2) is 7.55. The van der Waals surface area contributed by atoms with Crippen molar-refractivity contribution in [2.75, 3.05) is 6.61 Å². The zero-order valence-corrected chi connectivity index (χ0v) is 15.8. The van der Waals surface area contributed by atoms with Crippen LogP contribution in [-0.2, 0) is 19.0 Å². The number of amides is 1. The van der Waals surface area contributed by atoms with Crippen LogP contribution in [0.3, 0.4) is 0 Å². The van der Waals surface area contributed by atoms with E-state index in [2.05, 4.69) is 5.32 Å². The highest BCUT2D eigenvalue weighted by Gasteiger charge is 2.52. The Balaban J connectivity index is 1.79. The van der Waals surface area contributed by atoms with Crippen LogP contribution in [0.4, 0.5) is 0 Å². The molecule has 0 radical (unpaired) electrons. The molecule has 8 heteroatoms. The summed E-state index contributed by atoms with van der Waals surface area (Å²) in [4.78, 5) is 23.0. The molecule has 2 saturated heterocycles. The number of rotatable bonds is 4. The maximum absolute atomic E-state index is 11.6. The standard InChI is InChI=1S/C19H25NO7/c1-10(21)12-5-7-13(8-6-12)25-18-15(20-11(2)22)16(23)17-14(26-18)9-24-19(3,4)27-17/h5-8,14-18,23H,9H2,1-4H3,(H,20,22)/t14-,15-,16+,17-,18-/m1/s1. The largest absolute Gasteiger partial charge is 0.463 e. The number of hydrogen-bond acceptors (Lipinski definition) is 7. The third-order valence-electron chi connectivity index (χ3n) is 4.57. The van der Waals surface area contributed by atoms with E-state index in [-0.39, 0.29) is 18.3 Å². The Morgan fingerprint density at radius 3 is 2.48 bits per heavy atom. The van der Waals surface area contributed by atoms with Crippen LogP contribution in [0, 0.1) is 0 Å². The van der Waals surface area contributed by atoms with Gasteiger partial charge in [0.15, 0.2) is 11.6 Å². The number of nitrogens with one attached hydrogen (secondary N) is 1. The highest BCUT2D eigenvalue weighted by atomic mass is 16.8. The predicted octanol–water partition coefficient (Wildman–Crippen LogP) is 1.01. The molecular weight excluding hydrogens is 354 g/mol. The number of Topliss-reactive ketones (excluding diaryl/α,β-unsaturated/α-hetero) is 1. The summed E-state index contributed by atoms with van der Waals surface area (Å²) in [5.74, 6) is -0.788. The molecule has 5 atom stereocenters. The fourth-order valence-electron chi connectivity index (χ4n) is 3.24. The Hall–Kier alpha value is -2.00. The average molecular weight is 379 g/mol. The molecule has 3 rings (SSSR count). The van der Waals surface area contributed by atoms with Crippen LogP contribution in [0.15, 0.2) is 24.3 Å². The van der Waals surface area contributed by atoms with Crippen molar-refractivity contribution in [2.45, 2.75) is 64.1 Å². The van der Waals surface area contributed by atoms with Gasteiger partial charge >= 0.3 is 0 Å². The SMILES string of the molecule is CC(=O)N[C@H]1[C@H](Oc2ccc(C(C)=O)cc2)O[C@@H]2COC(C)(C)O[C@H]2[C@H]1O. The molecule has 148 valence electrons. The van der Waals surface area contributed by atoms with Gasteiger partial charge in [-0.05, 0) is 45.0 Å². The number of carbonyl (C=O) groups excluding carboxylic acids is 2. The first kappa shape index (κ1) is 19.8. The molecule has 0 bridgehead atoms. The quantitative estimate of drug-likeness (QED) is 0.753. The number of fused-ring (bicyclic) bond motifs is 1. The van der Waals surface area contributed by atoms with Gasteiger partial charge in [0, 0.05) is 12.5 Å². The van der Waals surface area contributed by atoms with E-state index in [1.807, 2.05) is 0 Å². The Bertz CT molecular complexity index is 703. The molecule has 27 heavy (non-hydrogen) atoms. The Kier molecular flexibility index (Phi) is 5.53. The van der Waals surface area contributed by atoms with Gasteiger partial charge in [-0.1, -0.05) is 0 Å². The fourth-order valence-corrected chi connectivity index (χ4v) is 3.24. The van der Waals surface area contributed by atoms with Crippen LogP contribution in [-0.4, -0.2) is 59.8 Å². The molecule has 2 N–H and O–H groups in total. The lowest BCUT2D eigenvalue weighted by Crippen LogP contribution is -2.69. The summed E-state index contributed by atoms with van der Waals surface area (Å²) in [6, 6.07) is 5.73. The van der Waals surface area contributed by atoms with E-state index >= 15 is 0 Å². The molecule has 2 fully saturated rings. The van der Waals surface area contributed by atoms with Crippen LogP contribution < -0.4 is 10.1 Å². The molecule has 0 spiro atoms. The summed E-state index contributed by atoms with van der Waals surface area (Å²) in [6.45, 7) is 6.57. The molecule has 1 amide bonds. The molecule has 1 aromatic rings. The first-order valence-corrected chi connectivity index (χ1v) is 8.86. The van der Waals surface area contributed by atoms with Gasteiger partial charge < -0.3 is 29.4 Å². The van der Waals surface area contributed by atoms with Gasteiger partial charge in [-0.3, -0.25) is 9.59 Å². The summed E-state index contributed by atoms with van der Waals surface area (Å²) in [5, 5.41) is 13.5. The maximum Gasteiger partial charge on any atom is 0.223 e. The van der Waals surface area contributed by atoms with Gasteiger partial charge in [0.1, 0.15) is 30.1 Å². The minimum Gasteiger partial charge on any atom is -0.463 e. The van der Waals surface area contributed by atoms with E-state index in [0.29, 0.717) is 11.3 Å². The minimum absolute atomic E-state index is 0.0519. The molecule has 0 saturated carbocycles. The van der Waals surface area contributed by atoms with Crippen molar-refractivity contribution in [3.8, 4) is 5.75 Å². The molecule has 0 aromatic heterocycles. The average Bonchev–Trinajstić information content (AvgIpc) is 2.59. The number of ketones is 1. The molecule has 0 unspecified atom stereocenters. The molecule has 0 aliphatic carbocycles. The van der Waals surface area contributed by atoms with Crippen LogP contribution in [0.5, 0.6) is 5.75 Å². The molecule has 2 heterocycles. The van der Waals surface area contributed by atoms with Crippen molar-refractivity contribution in [1.29, 1.82) is 0 Å². The Labute approximate surface area is 157 Å². The lowest BCUT2D eigenvalue weighted by atomic mass is 9.95. The predicted molar refractivity (Wildman–Crippen MR) is 94.3 cm³/mol. The topological polar surface area (TPSA) is 103 Å². The van der Waals surface area contributed by atoms with Crippen molar-refractivity contribution in [3.63, 3.8) is 0 Å². The van der Waals surface area contributed by atoms with Crippen LogP contribution >= 0.6 is 0 Å². The zero-order chi connectivity index (χ0) is 19.8. The van der Waals surface area contributed by atoms with Crippen molar-refractivity contribution < 1.29 is 33.6 Å². The first-order chi connectivity index (χ1) is 12.7. The maximum atomic E-state index is 11.6. The molecule has 2 aliphatic rings. The van der Waals surface area contributed by atoms with Gasteiger partial charge in [-0.2, -0.15) is 0 Å².